The highest BCUT2D eigenvalue weighted by Crippen LogP contribution is 2.41. The second-order valence-corrected chi connectivity index (χ2v) is 14.5. The van der Waals surface area contributed by atoms with E-state index >= 15 is 0 Å². The molecule has 10 nitrogen and oxygen atoms in total. The Hall–Kier alpha value is -4.86. The molecule has 1 aliphatic carbocycles. The predicted octanol–water partition coefficient (Wildman–Crippen LogP) is 7.68. The third kappa shape index (κ3) is 6.09. The molecule has 0 bridgehead atoms. The number of aromatic nitrogens is 4. The molecule has 3 aromatic heterocycles. The first kappa shape index (κ1) is 32.4. The molecule has 1 saturated carbocycles. The summed E-state index contributed by atoms with van der Waals surface area (Å²) in [5.41, 5.74) is 6.78. The summed E-state index contributed by atoms with van der Waals surface area (Å²) >= 11 is 0. The van der Waals surface area contributed by atoms with Gasteiger partial charge in [-0.05, 0) is 92.2 Å². The number of hydrogen-bond donors (Lipinski definition) is 1. The van der Waals surface area contributed by atoms with E-state index in [1.807, 2.05) is 34.1 Å². The number of carbonyl (C=O) groups is 2. The zero-order chi connectivity index (χ0) is 34.4. The summed E-state index contributed by atoms with van der Waals surface area (Å²) in [5, 5.41) is 4.22. The van der Waals surface area contributed by atoms with Gasteiger partial charge < -0.3 is 29.0 Å². The fraction of sp³-hybridized carbons (Fsp3) is 0.450. The number of para-hydroxylation sites is 1. The number of ether oxygens (including phenoxy) is 1. The quantitative estimate of drug-likeness (QED) is 0.182. The van der Waals surface area contributed by atoms with E-state index in [4.69, 9.17) is 9.72 Å². The molecule has 1 N–H and O–H groups in total. The van der Waals surface area contributed by atoms with Crippen molar-refractivity contribution in [1.29, 1.82) is 0 Å². The maximum Gasteiger partial charge on any atom is 0.321 e. The fourth-order valence-electron chi connectivity index (χ4n) is 8.23. The monoisotopic (exact) mass is 673 g/mol. The number of pyridine rings is 1. The number of aryl methyl sites for hydroxylation is 1. The number of urea groups is 1. The van der Waals surface area contributed by atoms with Crippen LogP contribution in [0.3, 0.4) is 0 Å². The average molecular weight is 674 g/mol. The van der Waals surface area contributed by atoms with Gasteiger partial charge in [0.05, 0.1) is 23.8 Å². The minimum Gasteiger partial charge on any atom is -0.494 e. The van der Waals surface area contributed by atoms with Gasteiger partial charge in [0.25, 0.3) is 5.91 Å². The number of imidazole rings is 1. The molecule has 3 fully saturated rings. The number of hydrogen-bond acceptors (Lipinski definition) is 5. The number of nitrogens with one attached hydrogen (secondary N) is 1. The first-order chi connectivity index (χ1) is 24.4. The number of benzene rings is 2. The topological polar surface area (TPSA) is 97.5 Å². The van der Waals surface area contributed by atoms with Crippen LogP contribution in [0.4, 0.5) is 10.5 Å². The zero-order valence-electron chi connectivity index (χ0n) is 29.4. The van der Waals surface area contributed by atoms with Crippen LogP contribution in [0.2, 0.25) is 0 Å². The molecule has 10 heteroatoms. The number of nitrogens with zero attached hydrogens (tertiary/aromatic N) is 6. The molecule has 2 aromatic carbocycles. The molecule has 0 spiro atoms. The SMILES string of the molecule is CC[C@@H]1CCCN(C(=O)c2cc(OC)c3c(c2)nc(-c2cc4cccc(C5CCN(C(=O)Nc6ccncc6)CC5)c4n2CC2CC2)n3C)C1. The standard InChI is InChI=1S/C40H47N7O3/c1-4-26-7-6-18-46(24-26)39(48)30-21-33-37(35(23-30)50-3)44(2)38(43-33)34-22-29-8-5-9-32(36(29)47(34)25-27-10-11-27)28-14-19-45(20-15-28)40(49)42-31-12-16-41-17-13-31/h5,8-9,12-13,16-17,21-23,26-28H,4,6-7,10-11,14-15,18-20,24-25H2,1-3H3,(H,41,42,49)/t26-/m1/s1. The van der Waals surface area contributed by atoms with Crippen LogP contribution < -0.4 is 10.1 Å². The molecular formula is C40H47N7O3. The molecule has 1 atom stereocenters. The van der Waals surface area contributed by atoms with E-state index in [2.05, 4.69) is 57.7 Å². The number of amides is 3. The molecule has 50 heavy (non-hydrogen) atoms. The smallest absolute Gasteiger partial charge is 0.321 e. The Morgan fingerprint density at radius 2 is 1.72 bits per heavy atom. The van der Waals surface area contributed by atoms with Crippen LogP contribution in [0, 0.1) is 11.8 Å². The van der Waals surface area contributed by atoms with Gasteiger partial charge in [0, 0.05) is 68.8 Å². The van der Waals surface area contributed by atoms with E-state index < -0.39 is 0 Å². The Morgan fingerprint density at radius 1 is 0.920 bits per heavy atom. The lowest BCUT2D eigenvalue weighted by Gasteiger charge is -2.32. The van der Waals surface area contributed by atoms with E-state index in [0.717, 1.165) is 73.6 Å². The number of carbonyl (C=O) groups excluding carboxylic acids is 2. The lowest BCUT2D eigenvalue weighted by molar-refractivity contribution is 0.0671. The maximum absolute atomic E-state index is 13.8. The van der Waals surface area contributed by atoms with E-state index in [0.29, 0.717) is 42.2 Å². The summed E-state index contributed by atoms with van der Waals surface area (Å²) in [5.74, 6) is 3.16. The highest BCUT2D eigenvalue weighted by molar-refractivity contribution is 6.00. The van der Waals surface area contributed by atoms with Gasteiger partial charge in [0.15, 0.2) is 5.82 Å². The van der Waals surface area contributed by atoms with Crippen molar-refractivity contribution in [2.45, 2.75) is 64.3 Å². The number of anilines is 1. The average Bonchev–Trinajstić information content (AvgIpc) is 3.82. The third-order valence-electron chi connectivity index (χ3n) is 11.3. The van der Waals surface area contributed by atoms with Crippen LogP contribution in [0.5, 0.6) is 5.75 Å². The molecule has 8 rings (SSSR count). The van der Waals surface area contributed by atoms with Crippen molar-refractivity contribution in [2.75, 3.05) is 38.6 Å². The Bertz CT molecular complexity index is 2040. The fourth-order valence-corrected chi connectivity index (χ4v) is 8.23. The van der Waals surface area contributed by atoms with Gasteiger partial charge in [-0.25, -0.2) is 9.78 Å². The van der Waals surface area contributed by atoms with Gasteiger partial charge in [-0.15, -0.1) is 0 Å². The van der Waals surface area contributed by atoms with E-state index in [-0.39, 0.29) is 11.9 Å². The highest BCUT2D eigenvalue weighted by atomic mass is 16.5. The Balaban J connectivity index is 1.12. The third-order valence-corrected chi connectivity index (χ3v) is 11.3. The first-order valence-electron chi connectivity index (χ1n) is 18.3. The molecule has 0 unspecified atom stereocenters. The molecular weight excluding hydrogens is 626 g/mol. The second kappa shape index (κ2) is 13.5. The van der Waals surface area contributed by atoms with Crippen molar-refractivity contribution in [3.05, 3.63) is 72.1 Å². The van der Waals surface area contributed by atoms with Crippen LogP contribution in [-0.4, -0.2) is 74.1 Å². The molecule has 5 heterocycles. The molecule has 5 aromatic rings. The Kier molecular flexibility index (Phi) is 8.70. The second-order valence-electron chi connectivity index (χ2n) is 14.5. The number of fused-ring (bicyclic) bond motifs is 2. The number of piperidine rings is 2. The van der Waals surface area contributed by atoms with Gasteiger partial charge in [-0.2, -0.15) is 0 Å². The van der Waals surface area contributed by atoms with Crippen molar-refractivity contribution in [2.24, 2.45) is 18.9 Å². The summed E-state index contributed by atoms with van der Waals surface area (Å²) in [7, 11) is 3.73. The van der Waals surface area contributed by atoms with Crippen LogP contribution >= 0.6 is 0 Å². The summed E-state index contributed by atoms with van der Waals surface area (Å²) in [4.78, 5) is 40.0. The van der Waals surface area contributed by atoms with E-state index in [9.17, 15) is 9.59 Å². The van der Waals surface area contributed by atoms with Gasteiger partial charge in [-0.1, -0.05) is 31.5 Å². The molecule has 3 amide bonds. The summed E-state index contributed by atoms with van der Waals surface area (Å²) < 4.78 is 10.6. The predicted molar refractivity (Wildman–Crippen MR) is 197 cm³/mol. The van der Waals surface area contributed by atoms with Crippen LogP contribution in [-0.2, 0) is 13.6 Å². The van der Waals surface area contributed by atoms with Crippen molar-refractivity contribution in [3.8, 4) is 17.3 Å². The number of methoxy groups -OCH3 is 1. The van der Waals surface area contributed by atoms with Crippen LogP contribution in [0.25, 0.3) is 33.5 Å². The summed E-state index contributed by atoms with van der Waals surface area (Å²) in [6.45, 7) is 6.17. The van der Waals surface area contributed by atoms with Crippen molar-refractivity contribution < 1.29 is 14.3 Å². The molecule has 3 aliphatic rings. The zero-order valence-corrected chi connectivity index (χ0v) is 29.4. The first-order valence-corrected chi connectivity index (χ1v) is 18.3. The summed E-state index contributed by atoms with van der Waals surface area (Å²) in [6.07, 6.45) is 11.0. The number of likely N-dealkylation sites (tertiary alicyclic amines) is 2. The minimum atomic E-state index is -0.0598. The van der Waals surface area contributed by atoms with Crippen LogP contribution in [0.1, 0.15) is 73.7 Å². The largest absolute Gasteiger partial charge is 0.494 e. The van der Waals surface area contributed by atoms with Gasteiger partial charge in [-0.3, -0.25) is 9.78 Å². The summed E-state index contributed by atoms with van der Waals surface area (Å²) in [6, 6.07) is 16.4. The molecule has 0 radical (unpaired) electrons. The normalized spacial score (nSPS) is 18.6. The lowest BCUT2D eigenvalue weighted by Crippen LogP contribution is -2.40. The molecule has 260 valence electrons. The maximum atomic E-state index is 13.8. The van der Waals surface area contributed by atoms with E-state index in [1.54, 1.807) is 19.5 Å². The van der Waals surface area contributed by atoms with Gasteiger partial charge in [0.2, 0.25) is 0 Å². The van der Waals surface area contributed by atoms with Crippen LogP contribution in [0.15, 0.2) is 60.9 Å². The lowest BCUT2D eigenvalue weighted by atomic mass is 9.88. The molecule has 2 aliphatic heterocycles. The van der Waals surface area contributed by atoms with E-state index in [1.165, 1.54) is 35.7 Å². The van der Waals surface area contributed by atoms with Gasteiger partial charge in [0.1, 0.15) is 11.3 Å². The van der Waals surface area contributed by atoms with Crippen molar-refractivity contribution in [1.82, 2.24) is 28.9 Å². The van der Waals surface area contributed by atoms with Crippen molar-refractivity contribution >= 4 is 39.6 Å². The molecule has 2 saturated heterocycles. The number of rotatable bonds is 8. The minimum absolute atomic E-state index is 0.0592. The Morgan fingerprint density at radius 3 is 2.46 bits per heavy atom. The van der Waals surface area contributed by atoms with Crippen molar-refractivity contribution in [3.63, 3.8) is 0 Å². The van der Waals surface area contributed by atoms with Gasteiger partial charge >= 0.3 is 6.03 Å². The highest BCUT2D eigenvalue weighted by Gasteiger charge is 2.31. The Labute approximate surface area is 293 Å².